The first-order chi connectivity index (χ1) is 9.82. The molecular weight excluding hydrogens is 433 g/mol. The third-order valence-corrected chi connectivity index (χ3v) is 5.62. The van der Waals surface area contributed by atoms with Gasteiger partial charge in [0.05, 0.1) is 11.6 Å². The van der Waals surface area contributed by atoms with Crippen LogP contribution in [0.1, 0.15) is 22.0 Å². The van der Waals surface area contributed by atoms with Gasteiger partial charge in [0.1, 0.15) is 0 Å². The zero-order valence-corrected chi connectivity index (χ0v) is 14.5. The molecule has 1 heterocycles. The second-order valence-corrected chi connectivity index (χ2v) is 7.06. The Labute approximate surface area is 140 Å². The van der Waals surface area contributed by atoms with Crippen LogP contribution in [0.2, 0.25) is 0 Å². The summed E-state index contributed by atoms with van der Waals surface area (Å²) >= 11 is 7.87. The van der Waals surface area contributed by atoms with Crippen LogP contribution in [0, 0.1) is 0 Å². The zero-order chi connectivity index (χ0) is 15.6. The number of thiophene rings is 1. The molecule has 21 heavy (non-hydrogen) atoms. The van der Waals surface area contributed by atoms with Crippen LogP contribution in [0.4, 0.5) is 13.2 Å². The molecule has 0 radical (unpaired) electrons. The Morgan fingerprint density at radius 3 is 2.43 bits per heavy atom. The van der Waals surface area contributed by atoms with Crippen molar-refractivity contribution in [1.29, 1.82) is 0 Å². The first-order valence-corrected chi connectivity index (χ1v) is 8.34. The fourth-order valence-corrected chi connectivity index (χ4v) is 3.94. The molecule has 3 N–H and O–H groups in total. The molecule has 2 rings (SSSR count). The van der Waals surface area contributed by atoms with E-state index in [4.69, 9.17) is 5.84 Å². The topological polar surface area (TPSA) is 38.0 Å². The van der Waals surface area contributed by atoms with Crippen LogP contribution >= 0.6 is 43.2 Å². The Morgan fingerprint density at radius 2 is 1.90 bits per heavy atom. The van der Waals surface area contributed by atoms with Crippen molar-refractivity contribution in [2.75, 3.05) is 0 Å². The monoisotopic (exact) mass is 442 g/mol. The standard InChI is InChI=1S/C13H11Br2F3N2S/c14-9-2-1-7(5-8(9)13(16,17)18)11(20-19)6-12-10(15)3-4-21-12/h1-5,11,20H,6,19H2. The molecule has 0 aliphatic carbocycles. The van der Waals surface area contributed by atoms with Gasteiger partial charge in [-0.05, 0) is 45.1 Å². The number of alkyl halides is 3. The summed E-state index contributed by atoms with van der Waals surface area (Å²) in [5.74, 6) is 5.51. The highest BCUT2D eigenvalue weighted by Gasteiger charge is 2.33. The van der Waals surface area contributed by atoms with Crippen molar-refractivity contribution in [2.24, 2.45) is 5.84 Å². The van der Waals surface area contributed by atoms with Gasteiger partial charge in [0, 0.05) is 20.2 Å². The van der Waals surface area contributed by atoms with Crippen LogP contribution in [-0.4, -0.2) is 0 Å². The number of hydrogen-bond donors (Lipinski definition) is 2. The van der Waals surface area contributed by atoms with Crippen molar-refractivity contribution < 1.29 is 13.2 Å². The lowest BCUT2D eigenvalue weighted by atomic mass is 10.0. The molecule has 0 fully saturated rings. The van der Waals surface area contributed by atoms with E-state index in [-0.39, 0.29) is 4.47 Å². The number of rotatable bonds is 4. The van der Waals surface area contributed by atoms with Crippen LogP contribution in [-0.2, 0) is 12.6 Å². The van der Waals surface area contributed by atoms with E-state index >= 15 is 0 Å². The maximum Gasteiger partial charge on any atom is 0.417 e. The van der Waals surface area contributed by atoms with Gasteiger partial charge in [-0.15, -0.1) is 11.3 Å². The van der Waals surface area contributed by atoms with E-state index in [1.807, 2.05) is 11.4 Å². The largest absolute Gasteiger partial charge is 0.417 e. The zero-order valence-electron chi connectivity index (χ0n) is 10.5. The van der Waals surface area contributed by atoms with E-state index in [0.29, 0.717) is 12.0 Å². The van der Waals surface area contributed by atoms with Gasteiger partial charge in [-0.1, -0.05) is 22.0 Å². The van der Waals surface area contributed by atoms with E-state index in [0.717, 1.165) is 15.4 Å². The number of nitrogens with one attached hydrogen (secondary N) is 1. The quantitative estimate of drug-likeness (QED) is 0.513. The number of benzene rings is 1. The first kappa shape index (κ1) is 17.0. The second-order valence-electron chi connectivity index (χ2n) is 4.35. The van der Waals surface area contributed by atoms with Crippen molar-refractivity contribution in [3.05, 3.63) is 54.6 Å². The molecule has 1 atom stereocenters. The summed E-state index contributed by atoms with van der Waals surface area (Å²) in [6, 6.07) is 5.65. The van der Waals surface area contributed by atoms with Crippen LogP contribution in [0.25, 0.3) is 0 Å². The highest BCUT2D eigenvalue weighted by molar-refractivity contribution is 9.10. The minimum Gasteiger partial charge on any atom is -0.271 e. The van der Waals surface area contributed by atoms with Gasteiger partial charge in [0.25, 0.3) is 0 Å². The van der Waals surface area contributed by atoms with Crippen LogP contribution in [0.3, 0.4) is 0 Å². The minimum absolute atomic E-state index is 0.0202. The Morgan fingerprint density at radius 1 is 1.19 bits per heavy atom. The van der Waals surface area contributed by atoms with Gasteiger partial charge < -0.3 is 0 Å². The van der Waals surface area contributed by atoms with Gasteiger partial charge in [-0.2, -0.15) is 13.2 Å². The maximum atomic E-state index is 13.0. The summed E-state index contributed by atoms with van der Waals surface area (Å²) in [6.45, 7) is 0. The Kier molecular flexibility index (Phi) is 5.48. The number of hydrazine groups is 1. The molecule has 2 aromatic rings. The van der Waals surface area contributed by atoms with Crippen LogP contribution in [0.5, 0.6) is 0 Å². The summed E-state index contributed by atoms with van der Waals surface area (Å²) in [5, 5.41) is 1.91. The molecule has 1 aromatic carbocycles. The van der Waals surface area contributed by atoms with E-state index in [1.54, 1.807) is 6.07 Å². The smallest absolute Gasteiger partial charge is 0.271 e. The molecule has 0 bridgehead atoms. The number of halogens is 5. The summed E-state index contributed by atoms with van der Waals surface area (Å²) in [5.41, 5.74) is 2.38. The third-order valence-electron chi connectivity index (χ3n) is 2.98. The van der Waals surface area contributed by atoms with Gasteiger partial charge >= 0.3 is 6.18 Å². The molecule has 0 amide bonds. The molecule has 0 spiro atoms. The van der Waals surface area contributed by atoms with E-state index < -0.39 is 17.8 Å². The summed E-state index contributed by atoms with van der Waals surface area (Å²) in [4.78, 5) is 1.02. The molecule has 1 unspecified atom stereocenters. The van der Waals surface area contributed by atoms with Crippen LogP contribution in [0.15, 0.2) is 38.6 Å². The maximum absolute atomic E-state index is 13.0. The lowest BCUT2D eigenvalue weighted by Crippen LogP contribution is -2.29. The highest BCUT2D eigenvalue weighted by Crippen LogP contribution is 2.37. The predicted molar refractivity (Wildman–Crippen MR) is 84.9 cm³/mol. The predicted octanol–water partition coefficient (Wildman–Crippen LogP) is 5.04. The lowest BCUT2D eigenvalue weighted by Gasteiger charge is -2.18. The Bertz CT molecular complexity index is 628. The van der Waals surface area contributed by atoms with Crippen molar-refractivity contribution in [3.8, 4) is 0 Å². The van der Waals surface area contributed by atoms with Crippen molar-refractivity contribution in [3.63, 3.8) is 0 Å². The van der Waals surface area contributed by atoms with Crippen molar-refractivity contribution in [2.45, 2.75) is 18.6 Å². The second kappa shape index (κ2) is 6.78. The summed E-state index contributed by atoms with van der Waals surface area (Å²) in [7, 11) is 0. The van der Waals surface area contributed by atoms with E-state index in [1.165, 1.54) is 17.4 Å². The summed E-state index contributed by atoms with van der Waals surface area (Å²) in [6.07, 6.45) is -3.90. The third kappa shape index (κ3) is 4.07. The SMILES string of the molecule is NNC(Cc1sccc1Br)c1ccc(Br)c(C(F)(F)F)c1. The number of nitrogens with two attached hydrogens (primary N) is 1. The molecule has 1 aromatic heterocycles. The molecule has 0 aliphatic rings. The molecular formula is C13H11Br2F3N2S. The van der Waals surface area contributed by atoms with Gasteiger partial charge in [-0.25, -0.2) is 0 Å². The molecule has 8 heteroatoms. The van der Waals surface area contributed by atoms with Gasteiger partial charge in [0.15, 0.2) is 0 Å². The average molecular weight is 444 g/mol. The summed E-state index contributed by atoms with van der Waals surface area (Å²) < 4.78 is 39.8. The highest BCUT2D eigenvalue weighted by atomic mass is 79.9. The Hall–Kier alpha value is -0.410. The molecule has 0 aliphatic heterocycles. The number of hydrogen-bond acceptors (Lipinski definition) is 3. The molecule has 0 saturated carbocycles. The van der Waals surface area contributed by atoms with Gasteiger partial charge in [-0.3, -0.25) is 11.3 Å². The average Bonchev–Trinajstić information content (AvgIpc) is 2.81. The molecule has 114 valence electrons. The van der Waals surface area contributed by atoms with Gasteiger partial charge in [0.2, 0.25) is 0 Å². The fraction of sp³-hybridized carbons (Fsp3) is 0.231. The van der Waals surface area contributed by atoms with E-state index in [9.17, 15) is 13.2 Å². The Balaban J connectivity index is 2.33. The first-order valence-electron chi connectivity index (χ1n) is 5.87. The molecule has 0 saturated heterocycles. The fourth-order valence-electron chi connectivity index (χ4n) is 1.91. The van der Waals surface area contributed by atoms with Crippen LogP contribution < -0.4 is 11.3 Å². The van der Waals surface area contributed by atoms with Crippen molar-refractivity contribution in [1.82, 2.24) is 5.43 Å². The normalized spacial score (nSPS) is 13.4. The van der Waals surface area contributed by atoms with E-state index in [2.05, 4.69) is 37.3 Å². The minimum atomic E-state index is -4.41. The molecule has 2 nitrogen and oxygen atoms in total. The lowest BCUT2D eigenvalue weighted by molar-refractivity contribution is -0.138. The van der Waals surface area contributed by atoms with Crippen molar-refractivity contribution >= 4 is 43.2 Å².